The summed E-state index contributed by atoms with van der Waals surface area (Å²) in [6.07, 6.45) is -0.312. The van der Waals surface area contributed by atoms with Crippen molar-refractivity contribution < 1.29 is 19.1 Å². The minimum Gasteiger partial charge on any atom is -0.481 e. The molecule has 2 amide bonds. The van der Waals surface area contributed by atoms with E-state index in [0.29, 0.717) is 28.4 Å². The number of amides is 2. The van der Waals surface area contributed by atoms with Crippen LogP contribution in [0.15, 0.2) is 77.9 Å². The number of ether oxygens (including phenoxy) is 2. The van der Waals surface area contributed by atoms with E-state index in [0.717, 1.165) is 5.56 Å². The Bertz CT molecular complexity index is 1110. The van der Waals surface area contributed by atoms with Gasteiger partial charge in [-0.25, -0.2) is 14.8 Å². The molecule has 0 spiro atoms. The third kappa shape index (κ3) is 4.69. The Labute approximate surface area is 178 Å². The fraction of sp³-hybridized carbons (Fsp3) is 0.130. The predicted molar refractivity (Wildman–Crippen MR) is 115 cm³/mol. The van der Waals surface area contributed by atoms with Gasteiger partial charge in [0, 0.05) is 23.4 Å². The van der Waals surface area contributed by atoms with Crippen molar-refractivity contribution in [2.45, 2.75) is 12.8 Å². The molecule has 1 atom stereocenters. The normalized spacial score (nSPS) is 15.1. The molecule has 156 valence electrons. The molecule has 0 aliphatic carbocycles. The number of anilines is 1. The van der Waals surface area contributed by atoms with Gasteiger partial charge in [-0.15, -0.1) is 0 Å². The largest absolute Gasteiger partial charge is 0.481 e. The van der Waals surface area contributed by atoms with Crippen LogP contribution in [0.3, 0.4) is 0 Å². The third-order valence-corrected chi connectivity index (χ3v) is 4.63. The molecule has 4 rings (SSSR count). The number of hydrogen-bond acceptors (Lipinski definition) is 6. The van der Waals surface area contributed by atoms with Crippen molar-refractivity contribution in [2.24, 2.45) is 4.99 Å². The molecule has 0 saturated carbocycles. The Morgan fingerprint density at radius 3 is 2.58 bits per heavy atom. The van der Waals surface area contributed by atoms with Gasteiger partial charge < -0.3 is 14.8 Å². The standard InChI is InChI=1S/C23H20N4O4/c1-30-19-12-11-16(13-24-19)20-17-9-5-6-10-18(17)25-22(28)21(26-20)27-23(29)31-14-15-7-3-2-4-8-15/h2-13,21H,14H2,1H3,(H,25,28)(H,27,29). The molecule has 1 aliphatic heterocycles. The number of benzodiazepines with no additional fused rings is 1. The summed E-state index contributed by atoms with van der Waals surface area (Å²) in [6, 6.07) is 20.0. The second kappa shape index (κ2) is 9.08. The fourth-order valence-corrected chi connectivity index (χ4v) is 3.10. The van der Waals surface area contributed by atoms with E-state index >= 15 is 0 Å². The number of hydrogen-bond donors (Lipinski definition) is 2. The minimum atomic E-state index is -1.17. The van der Waals surface area contributed by atoms with Gasteiger partial charge in [-0.3, -0.25) is 10.1 Å². The molecule has 31 heavy (non-hydrogen) atoms. The highest BCUT2D eigenvalue weighted by Gasteiger charge is 2.27. The molecular weight excluding hydrogens is 396 g/mol. The number of benzene rings is 2. The number of rotatable bonds is 5. The lowest BCUT2D eigenvalue weighted by atomic mass is 10.0. The van der Waals surface area contributed by atoms with Gasteiger partial charge in [0.15, 0.2) is 0 Å². The van der Waals surface area contributed by atoms with Crippen LogP contribution in [0.25, 0.3) is 0 Å². The average Bonchev–Trinajstić information content (AvgIpc) is 2.95. The Balaban J connectivity index is 1.59. The maximum absolute atomic E-state index is 12.7. The molecular formula is C23H20N4O4. The lowest BCUT2D eigenvalue weighted by Crippen LogP contribution is -2.42. The summed E-state index contributed by atoms with van der Waals surface area (Å²) in [5.41, 5.74) is 3.32. The molecule has 1 aliphatic rings. The van der Waals surface area contributed by atoms with E-state index in [-0.39, 0.29) is 6.61 Å². The fourth-order valence-electron chi connectivity index (χ4n) is 3.10. The summed E-state index contributed by atoms with van der Waals surface area (Å²) in [4.78, 5) is 33.8. The van der Waals surface area contributed by atoms with Gasteiger partial charge >= 0.3 is 6.09 Å². The summed E-state index contributed by atoms with van der Waals surface area (Å²) in [6.45, 7) is 0.0835. The summed E-state index contributed by atoms with van der Waals surface area (Å²) in [5, 5.41) is 5.34. The van der Waals surface area contributed by atoms with Crippen molar-refractivity contribution in [3.63, 3.8) is 0 Å². The topological polar surface area (TPSA) is 102 Å². The van der Waals surface area contributed by atoms with Crippen LogP contribution >= 0.6 is 0 Å². The first-order chi connectivity index (χ1) is 15.1. The summed E-state index contributed by atoms with van der Waals surface area (Å²) in [5.74, 6) is -0.0137. The molecule has 8 nitrogen and oxygen atoms in total. The number of alkyl carbamates (subject to hydrolysis) is 1. The number of para-hydroxylation sites is 1. The van der Waals surface area contributed by atoms with Gasteiger partial charge in [0.2, 0.25) is 12.0 Å². The van der Waals surface area contributed by atoms with Gasteiger partial charge in [-0.05, 0) is 17.7 Å². The van der Waals surface area contributed by atoms with Crippen molar-refractivity contribution in [2.75, 3.05) is 12.4 Å². The second-order valence-electron chi connectivity index (χ2n) is 6.71. The highest BCUT2D eigenvalue weighted by molar-refractivity contribution is 6.19. The van der Waals surface area contributed by atoms with Crippen molar-refractivity contribution in [1.29, 1.82) is 0 Å². The second-order valence-corrected chi connectivity index (χ2v) is 6.71. The number of aromatic nitrogens is 1. The Morgan fingerprint density at radius 2 is 1.84 bits per heavy atom. The van der Waals surface area contributed by atoms with E-state index in [2.05, 4.69) is 20.6 Å². The molecule has 0 bridgehead atoms. The van der Waals surface area contributed by atoms with Crippen molar-refractivity contribution in [1.82, 2.24) is 10.3 Å². The molecule has 1 unspecified atom stereocenters. The quantitative estimate of drug-likeness (QED) is 0.665. The Kier molecular flexibility index (Phi) is 5.89. The molecule has 1 aromatic heterocycles. The van der Waals surface area contributed by atoms with Crippen LogP contribution in [0.4, 0.5) is 10.5 Å². The third-order valence-electron chi connectivity index (χ3n) is 4.63. The van der Waals surface area contributed by atoms with E-state index in [4.69, 9.17) is 9.47 Å². The zero-order valence-electron chi connectivity index (χ0n) is 16.7. The maximum Gasteiger partial charge on any atom is 0.409 e. The molecule has 0 radical (unpaired) electrons. The SMILES string of the molecule is COc1ccc(C2=NC(NC(=O)OCc3ccccc3)C(=O)Nc3ccccc32)cn1. The Hall–Kier alpha value is -4.20. The molecule has 0 saturated heterocycles. The van der Waals surface area contributed by atoms with Gasteiger partial charge in [0.25, 0.3) is 5.91 Å². The predicted octanol–water partition coefficient (Wildman–Crippen LogP) is 3.13. The summed E-state index contributed by atoms with van der Waals surface area (Å²) in [7, 11) is 1.53. The van der Waals surface area contributed by atoms with Crippen molar-refractivity contribution in [3.05, 3.63) is 89.6 Å². The van der Waals surface area contributed by atoms with Crippen molar-refractivity contribution in [3.8, 4) is 5.88 Å². The van der Waals surface area contributed by atoms with Gasteiger partial charge in [0.1, 0.15) is 6.61 Å². The molecule has 2 aromatic carbocycles. The number of methoxy groups -OCH3 is 1. The van der Waals surface area contributed by atoms with E-state index in [1.54, 1.807) is 24.4 Å². The highest BCUT2D eigenvalue weighted by Crippen LogP contribution is 2.24. The molecule has 8 heteroatoms. The van der Waals surface area contributed by atoms with Gasteiger partial charge in [-0.2, -0.15) is 0 Å². The summed E-state index contributed by atoms with van der Waals surface area (Å²) < 4.78 is 10.4. The minimum absolute atomic E-state index is 0.0835. The van der Waals surface area contributed by atoms with Crippen molar-refractivity contribution >= 4 is 23.4 Å². The maximum atomic E-state index is 12.7. The van der Waals surface area contributed by atoms with E-state index in [9.17, 15) is 9.59 Å². The Morgan fingerprint density at radius 1 is 1.06 bits per heavy atom. The molecule has 3 aromatic rings. The van der Waals surface area contributed by atoms with E-state index in [1.807, 2.05) is 48.5 Å². The first-order valence-electron chi connectivity index (χ1n) is 9.60. The van der Waals surface area contributed by atoms with Crippen LogP contribution in [0.1, 0.15) is 16.7 Å². The zero-order valence-corrected chi connectivity index (χ0v) is 16.7. The lowest BCUT2D eigenvalue weighted by Gasteiger charge is -2.13. The van der Waals surface area contributed by atoms with E-state index < -0.39 is 18.2 Å². The van der Waals surface area contributed by atoms with Crippen LogP contribution < -0.4 is 15.4 Å². The number of nitrogens with zero attached hydrogens (tertiary/aromatic N) is 2. The number of aliphatic imine (C=N–C) groups is 1. The zero-order chi connectivity index (χ0) is 21.6. The number of carbonyl (C=O) groups is 2. The van der Waals surface area contributed by atoms with Crippen LogP contribution in [0.2, 0.25) is 0 Å². The smallest absolute Gasteiger partial charge is 0.409 e. The monoisotopic (exact) mass is 416 g/mol. The molecule has 0 fully saturated rings. The summed E-state index contributed by atoms with van der Waals surface area (Å²) >= 11 is 0. The number of pyridine rings is 1. The number of fused-ring (bicyclic) bond motifs is 1. The first kappa shape index (κ1) is 20.1. The number of nitrogens with one attached hydrogen (secondary N) is 2. The highest BCUT2D eigenvalue weighted by atomic mass is 16.5. The van der Waals surface area contributed by atoms with Gasteiger partial charge in [-0.1, -0.05) is 48.5 Å². The number of carbonyl (C=O) groups excluding carboxylic acids is 2. The van der Waals surface area contributed by atoms with Gasteiger partial charge in [0.05, 0.1) is 18.5 Å². The average molecular weight is 416 g/mol. The molecule has 2 heterocycles. The van der Waals surface area contributed by atoms with Crippen LogP contribution in [-0.2, 0) is 16.1 Å². The molecule has 2 N–H and O–H groups in total. The van der Waals surface area contributed by atoms with E-state index in [1.165, 1.54) is 7.11 Å². The first-order valence-corrected chi connectivity index (χ1v) is 9.60. The van der Waals surface area contributed by atoms with Crippen LogP contribution in [0.5, 0.6) is 5.88 Å². The van der Waals surface area contributed by atoms with Crippen LogP contribution in [-0.4, -0.2) is 36.0 Å². The lowest BCUT2D eigenvalue weighted by molar-refractivity contribution is -0.117. The van der Waals surface area contributed by atoms with Crippen LogP contribution in [0, 0.1) is 0 Å².